The highest BCUT2D eigenvalue weighted by Crippen LogP contribution is 2.26. The first-order valence-corrected chi connectivity index (χ1v) is 9.46. The zero-order chi connectivity index (χ0) is 22.5. The molecule has 0 spiro atoms. The summed E-state index contributed by atoms with van der Waals surface area (Å²) in [6, 6.07) is 9.44. The lowest BCUT2D eigenvalue weighted by Gasteiger charge is -2.40. The average molecular weight is 433 g/mol. The van der Waals surface area contributed by atoms with Gasteiger partial charge >= 0.3 is 0 Å². The number of hydrogen-bond acceptors (Lipinski definition) is 9. The number of phenolic OH excluding ortho intramolecular Hbond substituents is 1. The molecule has 1 fully saturated rings. The molecule has 31 heavy (non-hydrogen) atoms. The molecule has 10 heteroatoms. The first kappa shape index (κ1) is 22.7. The molecular weight excluding hydrogens is 410 g/mol. The maximum atomic E-state index is 12.5. The highest BCUT2D eigenvalue weighted by Gasteiger charge is 2.44. The van der Waals surface area contributed by atoms with Crippen molar-refractivity contribution in [2.45, 2.75) is 31.3 Å². The second kappa shape index (κ2) is 9.86. The molecule has 0 aromatic heterocycles. The topological polar surface area (TPSA) is 166 Å². The number of aliphatic hydroxyl groups is 4. The van der Waals surface area contributed by atoms with Crippen LogP contribution in [0.4, 0.5) is 0 Å². The summed E-state index contributed by atoms with van der Waals surface area (Å²) in [4.78, 5) is 23.6. The number of rotatable bonds is 7. The average Bonchev–Trinajstić information content (AvgIpc) is 2.75. The number of nitrogens with one attached hydrogen (secondary N) is 1. The standard InChI is InChI=1S/C21H23NO9/c23-8-13-15(25)2-1-3-16(13)30-10-11-4-6-12(7-5-11)19(27)22-17-18(26)14(9-24)20(28)31-21(17)29/h1-8,14,17-18,20-21,24-26,28-29H,9-10H2,(H,22,27). The summed E-state index contributed by atoms with van der Waals surface area (Å²) in [7, 11) is 0. The minimum absolute atomic E-state index is 0.0385. The van der Waals surface area contributed by atoms with E-state index in [9.17, 15) is 35.1 Å². The number of ether oxygens (including phenoxy) is 2. The zero-order valence-corrected chi connectivity index (χ0v) is 16.3. The van der Waals surface area contributed by atoms with E-state index in [0.29, 0.717) is 11.8 Å². The van der Waals surface area contributed by atoms with Gasteiger partial charge in [0.1, 0.15) is 24.1 Å². The second-order valence-corrected chi connectivity index (χ2v) is 7.05. The van der Waals surface area contributed by atoms with Gasteiger partial charge in [0.25, 0.3) is 5.91 Å². The number of phenols is 1. The molecule has 1 amide bonds. The third-order valence-electron chi connectivity index (χ3n) is 5.04. The van der Waals surface area contributed by atoms with E-state index in [1.54, 1.807) is 24.3 Å². The van der Waals surface area contributed by atoms with Crippen LogP contribution < -0.4 is 10.1 Å². The third kappa shape index (κ3) is 5.01. The fourth-order valence-electron chi connectivity index (χ4n) is 3.21. The van der Waals surface area contributed by atoms with Crippen LogP contribution >= 0.6 is 0 Å². The molecule has 1 heterocycles. The van der Waals surface area contributed by atoms with E-state index < -0.39 is 43.2 Å². The molecule has 0 saturated carbocycles. The van der Waals surface area contributed by atoms with Crippen LogP contribution in [0.1, 0.15) is 26.3 Å². The van der Waals surface area contributed by atoms with Crippen molar-refractivity contribution in [1.29, 1.82) is 0 Å². The Bertz CT molecular complexity index is 918. The van der Waals surface area contributed by atoms with Crippen molar-refractivity contribution in [2.24, 2.45) is 5.92 Å². The van der Waals surface area contributed by atoms with E-state index in [2.05, 4.69) is 5.32 Å². The molecule has 10 nitrogen and oxygen atoms in total. The molecule has 0 aliphatic carbocycles. The number of hydrogen-bond donors (Lipinski definition) is 6. The van der Waals surface area contributed by atoms with Crippen LogP contribution in [-0.2, 0) is 11.3 Å². The molecule has 3 rings (SSSR count). The molecule has 0 radical (unpaired) electrons. The van der Waals surface area contributed by atoms with Gasteiger partial charge < -0.3 is 40.3 Å². The zero-order valence-electron chi connectivity index (χ0n) is 16.3. The van der Waals surface area contributed by atoms with Gasteiger partial charge in [0.15, 0.2) is 18.9 Å². The predicted octanol–water partition coefficient (Wildman–Crippen LogP) is -0.482. The van der Waals surface area contributed by atoms with Gasteiger partial charge in [-0.2, -0.15) is 0 Å². The van der Waals surface area contributed by atoms with E-state index in [4.69, 9.17) is 9.47 Å². The smallest absolute Gasteiger partial charge is 0.251 e. The van der Waals surface area contributed by atoms with Gasteiger partial charge in [-0.25, -0.2) is 0 Å². The summed E-state index contributed by atoms with van der Waals surface area (Å²) in [5.74, 6) is -1.66. The van der Waals surface area contributed by atoms with Crippen LogP contribution in [0.15, 0.2) is 42.5 Å². The lowest BCUT2D eigenvalue weighted by molar-refractivity contribution is -0.293. The quantitative estimate of drug-likeness (QED) is 0.316. The largest absolute Gasteiger partial charge is 0.507 e. The molecule has 2 aromatic carbocycles. The fourth-order valence-corrected chi connectivity index (χ4v) is 3.21. The van der Waals surface area contributed by atoms with E-state index in [-0.39, 0.29) is 29.2 Å². The van der Waals surface area contributed by atoms with Crippen LogP contribution in [-0.4, -0.2) is 69.1 Å². The first-order chi connectivity index (χ1) is 14.8. The Kier molecular flexibility index (Phi) is 7.21. The van der Waals surface area contributed by atoms with Crippen molar-refractivity contribution in [3.05, 3.63) is 59.2 Å². The van der Waals surface area contributed by atoms with E-state index in [0.717, 1.165) is 0 Å². The molecule has 1 aliphatic heterocycles. The van der Waals surface area contributed by atoms with Crippen molar-refractivity contribution < 1.29 is 44.6 Å². The molecule has 0 bridgehead atoms. The summed E-state index contributed by atoms with van der Waals surface area (Å²) >= 11 is 0. The third-order valence-corrected chi connectivity index (χ3v) is 5.04. The van der Waals surface area contributed by atoms with E-state index in [1.807, 2.05) is 0 Å². The lowest BCUT2D eigenvalue weighted by atomic mass is 9.92. The van der Waals surface area contributed by atoms with Crippen LogP contribution in [0.3, 0.4) is 0 Å². The predicted molar refractivity (Wildman–Crippen MR) is 105 cm³/mol. The van der Waals surface area contributed by atoms with E-state index in [1.165, 1.54) is 18.2 Å². The van der Waals surface area contributed by atoms with Crippen LogP contribution in [0.2, 0.25) is 0 Å². The van der Waals surface area contributed by atoms with Gasteiger partial charge in [-0.1, -0.05) is 18.2 Å². The summed E-state index contributed by atoms with van der Waals surface area (Å²) < 4.78 is 10.4. The molecule has 166 valence electrons. The molecule has 1 saturated heterocycles. The van der Waals surface area contributed by atoms with E-state index >= 15 is 0 Å². The Balaban J connectivity index is 1.63. The minimum atomic E-state index is -1.65. The highest BCUT2D eigenvalue weighted by molar-refractivity contribution is 5.94. The number of amides is 1. The second-order valence-electron chi connectivity index (χ2n) is 7.05. The Hall–Kier alpha value is -3.02. The lowest BCUT2D eigenvalue weighted by Crippen LogP contribution is -2.62. The van der Waals surface area contributed by atoms with Crippen LogP contribution in [0.25, 0.3) is 0 Å². The summed E-state index contributed by atoms with van der Waals surface area (Å²) in [5.41, 5.74) is 0.943. The number of aldehydes is 1. The van der Waals surface area contributed by atoms with Gasteiger partial charge in [-0.3, -0.25) is 9.59 Å². The van der Waals surface area contributed by atoms with Gasteiger partial charge in [-0.05, 0) is 29.8 Å². The number of benzene rings is 2. The summed E-state index contributed by atoms with van der Waals surface area (Å²) in [5, 5.41) is 51.1. The van der Waals surface area contributed by atoms with Gasteiger partial charge in [0.2, 0.25) is 0 Å². The number of carbonyl (C=O) groups excluding carboxylic acids is 2. The van der Waals surface area contributed by atoms with Crippen molar-refractivity contribution >= 4 is 12.2 Å². The van der Waals surface area contributed by atoms with Gasteiger partial charge in [0, 0.05) is 5.56 Å². The molecule has 5 unspecified atom stereocenters. The normalized spacial score (nSPS) is 25.6. The fraction of sp³-hybridized carbons (Fsp3) is 0.333. The monoisotopic (exact) mass is 433 g/mol. The van der Waals surface area contributed by atoms with Crippen LogP contribution in [0.5, 0.6) is 11.5 Å². The first-order valence-electron chi connectivity index (χ1n) is 9.46. The van der Waals surface area contributed by atoms with Crippen molar-refractivity contribution in [3.8, 4) is 11.5 Å². The van der Waals surface area contributed by atoms with Crippen molar-refractivity contribution in [1.82, 2.24) is 5.32 Å². The van der Waals surface area contributed by atoms with Crippen LogP contribution in [0, 0.1) is 5.92 Å². The Labute approximate surface area is 177 Å². The maximum absolute atomic E-state index is 12.5. The summed E-state index contributed by atoms with van der Waals surface area (Å²) in [6.45, 7) is -0.517. The van der Waals surface area contributed by atoms with Gasteiger partial charge in [-0.15, -0.1) is 0 Å². The Morgan fingerprint density at radius 3 is 2.45 bits per heavy atom. The highest BCUT2D eigenvalue weighted by atomic mass is 16.7. The molecule has 1 aliphatic rings. The maximum Gasteiger partial charge on any atom is 0.251 e. The number of aliphatic hydroxyl groups excluding tert-OH is 4. The molecular formula is C21H23NO9. The SMILES string of the molecule is O=Cc1c(O)cccc1OCc1ccc(C(=O)NC2C(O)OC(O)C(CO)C2O)cc1. The summed E-state index contributed by atoms with van der Waals surface area (Å²) in [6.07, 6.45) is -4.14. The molecule has 5 atom stereocenters. The Morgan fingerprint density at radius 2 is 1.81 bits per heavy atom. The van der Waals surface area contributed by atoms with Crippen molar-refractivity contribution in [3.63, 3.8) is 0 Å². The molecule has 2 aromatic rings. The number of carbonyl (C=O) groups is 2. The van der Waals surface area contributed by atoms with Gasteiger partial charge in [0.05, 0.1) is 24.2 Å². The molecule has 6 N–H and O–H groups in total. The Morgan fingerprint density at radius 1 is 1.10 bits per heavy atom. The van der Waals surface area contributed by atoms with Crippen molar-refractivity contribution in [2.75, 3.05) is 6.61 Å². The number of aromatic hydroxyl groups is 1. The minimum Gasteiger partial charge on any atom is -0.507 e.